The molecule has 7 heteroatoms. The first-order valence-corrected chi connectivity index (χ1v) is 14.9. The van der Waals surface area contributed by atoms with Gasteiger partial charge in [-0.15, -0.1) is 0 Å². The van der Waals surface area contributed by atoms with E-state index in [-0.39, 0.29) is 24.8 Å². The molecule has 0 radical (unpaired) electrons. The van der Waals surface area contributed by atoms with Crippen LogP contribution in [0.25, 0.3) is 16.8 Å². The van der Waals surface area contributed by atoms with E-state index in [4.69, 9.17) is 4.74 Å². The van der Waals surface area contributed by atoms with Gasteiger partial charge in [-0.2, -0.15) is 0 Å². The number of hydrogen-bond donors (Lipinski definition) is 2. The minimum atomic E-state index is -0.979. The van der Waals surface area contributed by atoms with Crippen molar-refractivity contribution in [2.45, 2.75) is 58.2 Å². The summed E-state index contributed by atoms with van der Waals surface area (Å²) in [5, 5.41) is 7.90. The highest BCUT2D eigenvalue weighted by molar-refractivity contribution is 6.00. The van der Waals surface area contributed by atoms with Gasteiger partial charge in [-0.05, 0) is 72.9 Å². The third-order valence-electron chi connectivity index (χ3n) is 7.06. The number of nitrogens with zero attached hydrogens (tertiary/aromatic N) is 1. The number of alkyl carbamates (subject to hydrolysis) is 1. The molecule has 2 atom stereocenters. The standard InChI is InChI=1S/C37H41N3O4/c1-6-22-40(35(42)32(24-27-14-9-8-10-15-27)39-36(43)44-37(3,4)5)33(30-19-13-16-26(7-2)23-30)34(41)38-31-21-20-28-17-11-12-18-29(28)25-31/h7-21,23,25,32-33H,2,6,22,24H2,1,3-5H3,(H,38,41)(H,39,43). The fourth-order valence-corrected chi connectivity index (χ4v) is 5.11. The van der Waals surface area contributed by atoms with Gasteiger partial charge in [0.1, 0.15) is 17.7 Å². The summed E-state index contributed by atoms with van der Waals surface area (Å²) in [5.41, 5.74) is 2.20. The highest BCUT2D eigenvalue weighted by Crippen LogP contribution is 2.27. The van der Waals surface area contributed by atoms with Crippen LogP contribution in [0.4, 0.5) is 10.5 Å². The number of amides is 3. The molecule has 0 aliphatic rings. The Hall–Kier alpha value is -4.91. The van der Waals surface area contributed by atoms with E-state index in [9.17, 15) is 14.4 Å². The Bertz CT molecular complexity index is 1610. The van der Waals surface area contributed by atoms with Gasteiger partial charge in [0.2, 0.25) is 5.91 Å². The van der Waals surface area contributed by atoms with E-state index in [1.807, 2.05) is 104 Å². The number of fused-ring (bicyclic) bond motifs is 1. The molecule has 0 aromatic heterocycles. The zero-order valence-corrected chi connectivity index (χ0v) is 25.9. The van der Waals surface area contributed by atoms with Gasteiger partial charge in [0.05, 0.1) is 0 Å². The maximum Gasteiger partial charge on any atom is 0.408 e. The Balaban J connectivity index is 1.74. The molecule has 4 rings (SSSR count). The number of ether oxygens (including phenoxy) is 1. The lowest BCUT2D eigenvalue weighted by atomic mass is 9.98. The van der Waals surface area contributed by atoms with Crippen molar-refractivity contribution >= 4 is 40.4 Å². The number of hydrogen-bond acceptors (Lipinski definition) is 4. The van der Waals surface area contributed by atoms with E-state index in [1.165, 1.54) is 0 Å². The van der Waals surface area contributed by atoms with E-state index >= 15 is 0 Å². The van der Waals surface area contributed by atoms with E-state index in [1.54, 1.807) is 31.7 Å². The number of nitrogens with one attached hydrogen (secondary N) is 2. The molecule has 44 heavy (non-hydrogen) atoms. The minimum Gasteiger partial charge on any atom is -0.444 e. The summed E-state index contributed by atoms with van der Waals surface area (Å²) < 4.78 is 5.52. The first-order valence-electron chi connectivity index (χ1n) is 14.9. The molecule has 7 nitrogen and oxygen atoms in total. The smallest absolute Gasteiger partial charge is 0.408 e. The highest BCUT2D eigenvalue weighted by atomic mass is 16.6. The van der Waals surface area contributed by atoms with Gasteiger partial charge in [0.15, 0.2) is 0 Å². The van der Waals surface area contributed by atoms with Crippen molar-refractivity contribution in [2.24, 2.45) is 0 Å². The average molecular weight is 592 g/mol. The largest absolute Gasteiger partial charge is 0.444 e. The van der Waals surface area contributed by atoms with Gasteiger partial charge in [-0.25, -0.2) is 4.79 Å². The number of benzene rings is 4. The van der Waals surface area contributed by atoms with Gasteiger partial charge in [0.25, 0.3) is 5.91 Å². The molecule has 0 bridgehead atoms. The molecule has 0 aliphatic heterocycles. The number of rotatable bonds is 11. The van der Waals surface area contributed by atoms with Gasteiger partial charge in [0, 0.05) is 18.7 Å². The summed E-state index contributed by atoms with van der Waals surface area (Å²) >= 11 is 0. The van der Waals surface area contributed by atoms with Crippen molar-refractivity contribution in [3.05, 3.63) is 120 Å². The SMILES string of the molecule is C=Cc1cccc(C(C(=O)Nc2ccc3ccccc3c2)N(CCC)C(=O)C(Cc2ccccc2)NC(=O)OC(C)(C)C)c1. The molecule has 0 fully saturated rings. The van der Waals surface area contributed by atoms with Gasteiger partial charge in [-0.3, -0.25) is 9.59 Å². The Morgan fingerprint density at radius 1 is 0.886 bits per heavy atom. The molecule has 3 amide bonds. The quantitative estimate of drug-likeness (QED) is 0.189. The minimum absolute atomic E-state index is 0.227. The van der Waals surface area contributed by atoms with Crippen LogP contribution < -0.4 is 10.6 Å². The summed E-state index contributed by atoms with van der Waals surface area (Å²) in [7, 11) is 0. The maximum atomic E-state index is 14.5. The lowest BCUT2D eigenvalue weighted by Crippen LogP contribution is -2.53. The molecule has 2 unspecified atom stereocenters. The first kappa shape index (κ1) is 32.0. The Morgan fingerprint density at radius 2 is 1.59 bits per heavy atom. The van der Waals surface area contributed by atoms with Crippen LogP contribution >= 0.6 is 0 Å². The van der Waals surface area contributed by atoms with Crippen LogP contribution in [0.2, 0.25) is 0 Å². The Morgan fingerprint density at radius 3 is 2.27 bits per heavy atom. The first-order chi connectivity index (χ1) is 21.1. The molecule has 2 N–H and O–H groups in total. The predicted molar refractivity (Wildman–Crippen MR) is 177 cm³/mol. The van der Waals surface area contributed by atoms with E-state index in [0.29, 0.717) is 17.7 Å². The van der Waals surface area contributed by atoms with Crippen molar-refractivity contribution in [1.82, 2.24) is 10.2 Å². The van der Waals surface area contributed by atoms with E-state index in [0.717, 1.165) is 21.9 Å². The second-order valence-corrected chi connectivity index (χ2v) is 11.7. The molecule has 0 saturated heterocycles. The molecular formula is C37H41N3O4. The van der Waals surface area contributed by atoms with Crippen LogP contribution in [0.5, 0.6) is 0 Å². The molecule has 0 spiro atoms. The number of anilines is 1. The van der Waals surface area contributed by atoms with Crippen LogP contribution in [-0.4, -0.2) is 41.0 Å². The average Bonchev–Trinajstić information content (AvgIpc) is 3.00. The van der Waals surface area contributed by atoms with Crippen molar-refractivity contribution < 1.29 is 19.1 Å². The summed E-state index contributed by atoms with van der Waals surface area (Å²) in [6, 6.07) is 28.6. The van der Waals surface area contributed by atoms with Crippen LogP contribution in [-0.2, 0) is 20.7 Å². The highest BCUT2D eigenvalue weighted by Gasteiger charge is 2.36. The van der Waals surface area contributed by atoms with Crippen LogP contribution in [0.3, 0.4) is 0 Å². The summed E-state index contributed by atoms with van der Waals surface area (Å²) in [6.07, 6.45) is 1.83. The number of carbonyl (C=O) groups excluding carboxylic acids is 3. The zero-order valence-electron chi connectivity index (χ0n) is 25.9. The van der Waals surface area contributed by atoms with Crippen molar-refractivity contribution in [3.63, 3.8) is 0 Å². The number of carbonyl (C=O) groups is 3. The van der Waals surface area contributed by atoms with Crippen LogP contribution in [0.1, 0.15) is 56.8 Å². The Kier molecular flexibility index (Phi) is 10.6. The third-order valence-corrected chi connectivity index (χ3v) is 7.06. The van der Waals surface area contributed by atoms with Crippen molar-refractivity contribution in [2.75, 3.05) is 11.9 Å². The summed E-state index contributed by atoms with van der Waals surface area (Å²) in [6.45, 7) is 11.4. The van der Waals surface area contributed by atoms with Gasteiger partial charge in [-0.1, -0.05) is 98.4 Å². The maximum absolute atomic E-state index is 14.5. The predicted octanol–water partition coefficient (Wildman–Crippen LogP) is 7.54. The molecule has 0 saturated carbocycles. The van der Waals surface area contributed by atoms with E-state index in [2.05, 4.69) is 17.2 Å². The topological polar surface area (TPSA) is 87.7 Å². The van der Waals surface area contributed by atoms with Crippen LogP contribution in [0, 0.1) is 0 Å². The Labute approximate surface area is 259 Å². The fraction of sp³-hybridized carbons (Fsp3) is 0.270. The van der Waals surface area contributed by atoms with Gasteiger partial charge >= 0.3 is 6.09 Å². The van der Waals surface area contributed by atoms with Gasteiger partial charge < -0.3 is 20.3 Å². The molecule has 0 heterocycles. The second kappa shape index (κ2) is 14.5. The lowest BCUT2D eigenvalue weighted by Gasteiger charge is -2.34. The van der Waals surface area contributed by atoms with Crippen molar-refractivity contribution in [3.8, 4) is 0 Å². The molecule has 228 valence electrons. The van der Waals surface area contributed by atoms with Crippen molar-refractivity contribution in [1.29, 1.82) is 0 Å². The molecule has 0 aliphatic carbocycles. The second-order valence-electron chi connectivity index (χ2n) is 11.7. The summed E-state index contributed by atoms with van der Waals surface area (Å²) in [4.78, 5) is 43.2. The van der Waals surface area contributed by atoms with Crippen LogP contribution in [0.15, 0.2) is 104 Å². The molecule has 4 aromatic carbocycles. The lowest BCUT2D eigenvalue weighted by molar-refractivity contribution is -0.140. The fourth-order valence-electron chi connectivity index (χ4n) is 5.11. The third kappa shape index (κ3) is 8.57. The normalized spacial score (nSPS) is 12.5. The molecular weight excluding hydrogens is 550 g/mol. The molecule has 4 aromatic rings. The monoisotopic (exact) mass is 591 g/mol. The summed E-state index contributed by atoms with van der Waals surface area (Å²) in [5.74, 6) is -0.747. The van der Waals surface area contributed by atoms with E-state index < -0.39 is 23.8 Å². The zero-order chi connectivity index (χ0) is 31.7.